The number of thiazole rings is 1. The maximum Gasteiger partial charge on any atom is 0.350 e. The lowest BCUT2D eigenvalue weighted by Crippen LogP contribution is -2.30. The molecule has 6 nitrogen and oxygen atoms in total. The molecule has 0 fully saturated rings. The lowest BCUT2D eigenvalue weighted by Gasteiger charge is -2.20. The number of anilines is 1. The third kappa shape index (κ3) is 4.55. The maximum atomic E-state index is 13.2. The zero-order valence-electron chi connectivity index (χ0n) is 15.4. The molecule has 0 saturated heterocycles. The number of amides is 1. The Bertz CT molecular complexity index is 991. The van der Waals surface area contributed by atoms with Crippen molar-refractivity contribution in [3.63, 3.8) is 0 Å². The minimum Gasteiger partial charge on any atom is -0.462 e. The predicted molar refractivity (Wildman–Crippen MR) is 109 cm³/mol. The second-order valence-electron chi connectivity index (χ2n) is 5.88. The molecule has 2 heterocycles. The van der Waals surface area contributed by atoms with Gasteiger partial charge in [-0.05, 0) is 31.5 Å². The molecule has 3 aromatic rings. The largest absolute Gasteiger partial charge is 0.462 e. The van der Waals surface area contributed by atoms with Gasteiger partial charge in [-0.3, -0.25) is 9.69 Å². The number of hydrogen-bond acceptors (Lipinski definition) is 6. The number of hydrogen-bond donors (Lipinski definition) is 0. The van der Waals surface area contributed by atoms with Crippen LogP contribution >= 0.6 is 22.9 Å². The molecule has 0 atom stereocenters. The van der Waals surface area contributed by atoms with Gasteiger partial charge in [-0.15, -0.1) is 0 Å². The average molecular weight is 416 g/mol. The van der Waals surface area contributed by atoms with E-state index >= 15 is 0 Å². The Hall–Kier alpha value is -2.77. The molecule has 0 unspecified atom stereocenters. The summed E-state index contributed by atoms with van der Waals surface area (Å²) in [6.07, 6.45) is 1.48. The van der Waals surface area contributed by atoms with E-state index in [-0.39, 0.29) is 17.7 Å². The summed E-state index contributed by atoms with van der Waals surface area (Å²) in [7, 11) is 0. The first-order chi connectivity index (χ1) is 13.5. The SMILES string of the molecule is CCOC(=O)c1sc(N(Cc2ccccc2)C(=O)c2ccnc(Cl)c2)nc1C. The summed E-state index contributed by atoms with van der Waals surface area (Å²) in [6, 6.07) is 12.7. The molecule has 0 saturated carbocycles. The molecule has 3 rings (SSSR count). The summed E-state index contributed by atoms with van der Waals surface area (Å²) >= 11 is 7.08. The average Bonchev–Trinajstić information content (AvgIpc) is 3.08. The fourth-order valence-electron chi connectivity index (χ4n) is 2.57. The van der Waals surface area contributed by atoms with E-state index in [4.69, 9.17) is 16.3 Å². The van der Waals surface area contributed by atoms with Crippen LogP contribution in [0.4, 0.5) is 5.13 Å². The number of carbonyl (C=O) groups excluding carboxylic acids is 2. The highest BCUT2D eigenvalue weighted by atomic mass is 35.5. The van der Waals surface area contributed by atoms with Gasteiger partial charge >= 0.3 is 5.97 Å². The van der Waals surface area contributed by atoms with Crippen LogP contribution in [0, 0.1) is 6.92 Å². The number of pyridine rings is 1. The Kier molecular flexibility index (Phi) is 6.38. The molecule has 28 heavy (non-hydrogen) atoms. The van der Waals surface area contributed by atoms with Crippen molar-refractivity contribution in [3.05, 3.63) is 75.5 Å². The van der Waals surface area contributed by atoms with Gasteiger partial charge in [0.05, 0.1) is 18.8 Å². The van der Waals surface area contributed by atoms with E-state index in [1.54, 1.807) is 19.9 Å². The minimum absolute atomic E-state index is 0.230. The van der Waals surface area contributed by atoms with Crippen molar-refractivity contribution < 1.29 is 14.3 Å². The molecular weight excluding hydrogens is 398 g/mol. The van der Waals surface area contributed by atoms with E-state index in [1.807, 2.05) is 30.3 Å². The number of nitrogens with zero attached hydrogens (tertiary/aromatic N) is 3. The zero-order valence-corrected chi connectivity index (χ0v) is 17.0. The number of rotatable bonds is 6. The molecule has 0 aliphatic carbocycles. The van der Waals surface area contributed by atoms with Crippen LogP contribution in [0.1, 0.15) is 38.2 Å². The van der Waals surface area contributed by atoms with Gasteiger partial charge < -0.3 is 4.74 Å². The summed E-state index contributed by atoms with van der Waals surface area (Å²) in [5.41, 5.74) is 1.85. The zero-order chi connectivity index (χ0) is 20.1. The third-order valence-electron chi connectivity index (χ3n) is 3.88. The summed E-state index contributed by atoms with van der Waals surface area (Å²) < 4.78 is 5.08. The Morgan fingerprint density at radius 3 is 2.64 bits per heavy atom. The number of halogens is 1. The smallest absolute Gasteiger partial charge is 0.350 e. The quantitative estimate of drug-likeness (QED) is 0.437. The van der Waals surface area contributed by atoms with Gasteiger partial charge in [-0.25, -0.2) is 14.8 Å². The highest BCUT2D eigenvalue weighted by Gasteiger charge is 2.25. The van der Waals surface area contributed by atoms with E-state index in [2.05, 4.69) is 9.97 Å². The molecule has 1 amide bonds. The Morgan fingerprint density at radius 1 is 1.21 bits per heavy atom. The lowest BCUT2D eigenvalue weighted by molar-refractivity contribution is 0.0531. The van der Waals surface area contributed by atoms with Crippen LogP contribution in [0.25, 0.3) is 0 Å². The summed E-state index contributed by atoms with van der Waals surface area (Å²) in [6.45, 7) is 4.04. The van der Waals surface area contributed by atoms with Crippen molar-refractivity contribution in [2.75, 3.05) is 11.5 Å². The van der Waals surface area contributed by atoms with Crippen LogP contribution in [-0.2, 0) is 11.3 Å². The van der Waals surface area contributed by atoms with Crippen molar-refractivity contribution in [2.24, 2.45) is 0 Å². The first-order valence-corrected chi connectivity index (χ1v) is 9.81. The first-order valence-electron chi connectivity index (χ1n) is 8.61. The fraction of sp³-hybridized carbons (Fsp3) is 0.200. The second kappa shape index (κ2) is 8.95. The maximum absolute atomic E-state index is 13.2. The number of esters is 1. The van der Waals surface area contributed by atoms with Crippen molar-refractivity contribution in [1.82, 2.24) is 9.97 Å². The number of carbonyl (C=O) groups is 2. The van der Waals surface area contributed by atoms with Crippen LogP contribution in [0.2, 0.25) is 5.15 Å². The van der Waals surface area contributed by atoms with Crippen molar-refractivity contribution in [3.8, 4) is 0 Å². The molecule has 144 valence electrons. The third-order valence-corrected chi connectivity index (χ3v) is 5.25. The van der Waals surface area contributed by atoms with E-state index < -0.39 is 5.97 Å². The molecule has 0 N–H and O–H groups in total. The first kappa shape index (κ1) is 20.0. The highest BCUT2D eigenvalue weighted by Crippen LogP contribution is 2.29. The van der Waals surface area contributed by atoms with Gasteiger partial charge in [0.25, 0.3) is 5.91 Å². The Labute approximate surface area is 171 Å². The fourth-order valence-corrected chi connectivity index (χ4v) is 3.70. The van der Waals surface area contributed by atoms with Gasteiger partial charge in [0.1, 0.15) is 10.0 Å². The molecular formula is C20H18ClN3O3S. The van der Waals surface area contributed by atoms with Crippen LogP contribution in [0.5, 0.6) is 0 Å². The monoisotopic (exact) mass is 415 g/mol. The van der Waals surface area contributed by atoms with E-state index in [9.17, 15) is 9.59 Å². The molecule has 0 aliphatic rings. The number of benzene rings is 1. The minimum atomic E-state index is -0.442. The van der Waals surface area contributed by atoms with Gasteiger partial charge in [0, 0.05) is 11.8 Å². The molecule has 2 aromatic heterocycles. The number of aromatic nitrogens is 2. The lowest BCUT2D eigenvalue weighted by atomic mass is 10.2. The molecule has 1 aromatic carbocycles. The predicted octanol–water partition coefficient (Wildman–Crippen LogP) is 4.52. The molecule has 0 aliphatic heterocycles. The summed E-state index contributed by atoms with van der Waals surface area (Å²) in [5.74, 6) is -0.722. The van der Waals surface area contributed by atoms with Crippen LogP contribution < -0.4 is 4.90 Å². The Morgan fingerprint density at radius 2 is 1.96 bits per heavy atom. The van der Waals surface area contributed by atoms with Crippen molar-refractivity contribution in [2.45, 2.75) is 20.4 Å². The van der Waals surface area contributed by atoms with Crippen molar-refractivity contribution >= 4 is 39.9 Å². The molecule has 0 spiro atoms. The van der Waals surface area contributed by atoms with Crippen molar-refractivity contribution in [1.29, 1.82) is 0 Å². The van der Waals surface area contributed by atoms with Gasteiger partial charge in [0.2, 0.25) is 0 Å². The standard InChI is InChI=1S/C20H18ClN3O3S/c1-3-27-19(26)17-13(2)23-20(28-17)24(12-14-7-5-4-6-8-14)18(25)15-9-10-22-16(21)11-15/h4-11H,3,12H2,1-2H3. The Balaban J connectivity index is 2.00. The van der Waals surface area contributed by atoms with E-state index in [0.717, 1.165) is 16.9 Å². The van der Waals surface area contributed by atoms with E-state index in [1.165, 1.54) is 17.2 Å². The number of aryl methyl sites for hydroxylation is 1. The summed E-state index contributed by atoms with van der Waals surface area (Å²) in [4.78, 5) is 35.7. The topological polar surface area (TPSA) is 72.4 Å². The number of ether oxygens (including phenoxy) is 1. The summed E-state index contributed by atoms with van der Waals surface area (Å²) in [5, 5.41) is 0.649. The van der Waals surface area contributed by atoms with E-state index in [0.29, 0.717) is 27.8 Å². The van der Waals surface area contributed by atoms with Crippen LogP contribution in [0.15, 0.2) is 48.7 Å². The van der Waals surface area contributed by atoms with Crippen LogP contribution in [0.3, 0.4) is 0 Å². The molecule has 0 radical (unpaired) electrons. The van der Waals surface area contributed by atoms with Gasteiger partial charge in [0.15, 0.2) is 5.13 Å². The van der Waals surface area contributed by atoms with Gasteiger partial charge in [-0.1, -0.05) is 53.3 Å². The van der Waals surface area contributed by atoms with Crippen LogP contribution in [-0.4, -0.2) is 28.5 Å². The normalized spacial score (nSPS) is 10.5. The molecule has 0 bridgehead atoms. The highest BCUT2D eigenvalue weighted by molar-refractivity contribution is 7.17. The molecule has 8 heteroatoms. The second-order valence-corrected chi connectivity index (χ2v) is 7.24. The van der Waals surface area contributed by atoms with Gasteiger partial charge in [-0.2, -0.15) is 0 Å².